The van der Waals surface area contributed by atoms with Gasteiger partial charge >= 0.3 is 0 Å². The fourth-order valence-corrected chi connectivity index (χ4v) is 3.90. The first-order valence-electron chi connectivity index (χ1n) is 4.87. The van der Waals surface area contributed by atoms with Crippen LogP contribution < -0.4 is 0 Å². The predicted octanol–water partition coefficient (Wildman–Crippen LogP) is 2.17. The monoisotopic (exact) mass is 325 g/mol. The van der Waals surface area contributed by atoms with Crippen LogP contribution in [0.2, 0.25) is 10.0 Å². The van der Waals surface area contributed by atoms with Gasteiger partial charge in [0.15, 0.2) is 10.8 Å². The van der Waals surface area contributed by atoms with Crippen molar-refractivity contribution in [2.45, 2.75) is 5.16 Å². The highest BCUT2D eigenvalue weighted by atomic mass is 35.5. The summed E-state index contributed by atoms with van der Waals surface area (Å²) in [5.74, 6) is 0.491. The maximum Gasteiger partial charge on any atom is 0.195 e. The van der Waals surface area contributed by atoms with Crippen molar-refractivity contribution in [3.63, 3.8) is 0 Å². The molecule has 0 atom stereocenters. The average Bonchev–Trinajstić information content (AvgIpc) is 2.60. The molecule has 0 aromatic carbocycles. The Morgan fingerprint density at radius 2 is 2.11 bits per heavy atom. The number of halogens is 2. The number of hydrogen-bond acceptors (Lipinski definition) is 5. The number of nitrogens with zero attached hydrogens (tertiary/aromatic N) is 3. The fourth-order valence-electron chi connectivity index (χ4n) is 1.29. The molecule has 0 saturated heterocycles. The lowest BCUT2D eigenvalue weighted by atomic mass is 10.5. The molecule has 0 fully saturated rings. The smallest absolute Gasteiger partial charge is 0.195 e. The topological polar surface area (TPSA) is 64.3 Å². The molecule has 2 heterocycles. The minimum Gasteiger partial charge on any atom is -0.275 e. The van der Waals surface area contributed by atoms with Crippen molar-refractivity contribution in [2.24, 2.45) is 0 Å². The lowest BCUT2D eigenvalue weighted by molar-refractivity contribution is 0.603. The molecule has 9 heteroatoms. The van der Waals surface area contributed by atoms with Crippen LogP contribution in [0.5, 0.6) is 0 Å². The number of thioether (sulfide) groups is 1. The second kappa shape index (κ2) is 5.24. The van der Waals surface area contributed by atoms with Gasteiger partial charge in [-0.2, -0.15) is 0 Å². The summed E-state index contributed by atoms with van der Waals surface area (Å²) in [6, 6.07) is 1.58. The predicted molar refractivity (Wildman–Crippen MR) is 73.4 cm³/mol. The van der Waals surface area contributed by atoms with Crippen LogP contribution in [-0.4, -0.2) is 40.8 Å². The lowest BCUT2D eigenvalue weighted by Crippen LogP contribution is -2.05. The SMILES string of the molecule is CS(=O)(=O)CCSc1nnc2c(Cl)cc(Cl)cn12. The lowest BCUT2D eigenvalue weighted by Gasteiger charge is -2.01. The van der Waals surface area contributed by atoms with E-state index in [2.05, 4.69) is 10.2 Å². The second-order valence-electron chi connectivity index (χ2n) is 3.66. The molecule has 0 aliphatic carbocycles. The Morgan fingerprint density at radius 3 is 2.78 bits per heavy atom. The highest BCUT2D eigenvalue weighted by molar-refractivity contribution is 8.00. The molecule has 2 rings (SSSR count). The number of rotatable bonds is 4. The van der Waals surface area contributed by atoms with E-state index in [-0.39, 0.29) is 5.75 Å². The zero-order valence-corrected chi connectivity index (χ0v) is 12.4. The summed E-state index contributed by atoms with van der Waals surface area (Å²) in [6.45, 7) is 0. The Balaban J connectivity index is 2.24. The standard InChI is InChI=1S/C9H9Cl2N3O2S2/c1-18(15,16)3-2-17-9-13-12-8-7(11)4-6(10)5-14(8)9/h4-5H,2-3H2,1H3. The van der Waals surface area contributed by atoms with E-state index in [1.54, 1.807) is 16.7 Å². The normalized spacial score (nSPS) is 12.2. The van der Waals surface area contributed by atoms with E-state index >= 15 is 0 Å². The average molecular weight is 326 g/mol. The number of fused-ring (bicyclic) bond motifs is 1. The van der Waals surface area contributed by atoms with Gasteiger partial charge in [-0.25, -0.2) is 8.42 Å². The van der Waals surface area contributed by atoms with Gasteiger partial charge in [-0.05, 0) is 6.07 Å². The van der Waals surface area contributed by atoms with Crippen LogP contribution in [0.15, 0.2) is 17.4 Å². The first-order chi connectivity index (χ1) is 8.37. The highest BCUT2D eigenvalue weighted by Crippen LogP contribution is 2.25. The van der Waals surface area contributed by atoms with Crippen LogP contribution in [0, 0.1) is 0 Å². The van der Waals surface area contributed by atoms with E-state index < -0.39 is 9.84 Å². The Hall–Kier alpha value is -0.500. The van der Waals surface area contributed by atoms with Crippen molar-refractivity contribution in [3.8, 4) is 0 Å². The quantitative estimate of drug-likeness (QED) is 0.806. The summed E-state index contributed by atoms with van der Waals surface area (Å²) in [5, 5.41) is 9.33. The summed E-state index contributed by atoms with van der Waals surface area (Å²) in [7, 11) is -2.98. The molecule has 0 N–H and O–H groups in total. The summed E-state index contributed by atoms with van der Waals surface area (Å²) < 4.78 is 23.7. The number of aromatic nitrogens is 3. The molecule has 98 valence electrons. The molecule has 0 amide bonds. The zero-order valence-electron chi connectivity index (χ0n) is 9.30. The second-order valence-corrected chi connectivity index (χ2v) is 7.83. The van der Waals surface area contributed by atoms with E-state index in [9.17, 15) is 8.42 Å². The summed E-state index contributed by atoms with van der Waals surface area (Å²) >= 11 is 13.2. The third-order valence-corrected chi connectivity index (χ3v) is 4.71. The van der Waals surface area contributed by atoms with Crippen molar-refractivity contribution in [1.82, 2.24) is 14.6 Å². The van der Waals surface area contributed by atoms with E-state index in [1.807, 2.05) is 0 Å². The summed E-state index contributed by atoms with van der Waals surface area (Å²) in [4.78, 5) is 0. The Bertz CT molecular complexity index is 684. The summed E-state index contributed by atoms with van der Waals surface area (Å²) in [5.41, 5.74) is 0.503. The molecule has 0 unspecified atom stereocenters. The minimum absolute atomic E-state index is 0.0842. The number of sulfone groups is 1. The van der Waals surface area contributed by atoms with Crippen molar-refractivity contribution < 1.29 is 8.42 Å². The fraction of sp³-hybridized carbons (Fsp3) is 0.333. The van der Waals surface area contributed by atoms with Gasteiger partial charge in [-0.1, -0.05) is 35.0 Å². The van der Waals surface area contributed by atoms with Gasteiger partial charge in [0.25, 0.3) is 0 Å². The van der Waals surface area contributed by atoms with Crippen LogP contribution in [-0.2, 0) is 9.84 Å². The first-order valence-corrected chi connectivity index (χ1v) is 8.67. The largest absolute Gasteiger partial charge is 0.275 e. The molecule has 5 nitrogen and oxygen atoms in total. The molecule has 0 aliphatic heterocycles. The van der Waals surface area contributed by atoms with Crippen molar-refractivity contribution >= 4 is 50.4 Å². The third kappa shape index (κ3) is 3.28. The molecule has 0 aliphatic rings. The molecule has 2 aromatic rings. The molecule has 0 saturated carbocycles. The van der Waals surface area contributed by atoms with Crippen LogP contribution in [0.3, 0.4) is 0 Å². The molecular formula is C9H9Cl2N3O2S2. The maximum atomic E-state index is 11.0. The molecule has 0 radical (unpaired) electrons. The Morgan fingerprint density at radius 1 is 1.39 bits per heavy atom. The van der Waals surface area contributed by atoms with Crippen LogP contribution in [0.1, 0.15) is 0 Å². The van der Waals surface area contributed by atoms with Crippen molar-refractivity contribution in [2.75, 3.05) is 17.8 Å². The van der Waals surface area contributed by atoms with E-state index in [4.69, 9.17) is 23.2 Å². The molecule has 0 bridgehead atoms. The highest BCUT2D eigenvalue weighted by Gasteiger charge is 2.11. The van der Waals surface area contributed by atoms with Gasteiger partial charge in [0.05, 0.1) is 15.8 Å². The maximum absolute atomic E-state index is 11.0. The van der Waals surface area contributed by atoms with Gasteiger partial charge in [-0.3, -0.25) is 4.40 Å². The van der Waals surface area contributed by atoms with E-state index in [0.717, 1.165) is 0 Å². The van der Waals surface area contributed by atoms with Crippen LogP contribution in [0.25, 0.3) is 5.65 Å². The number of pyridine rings is 1. The Kier molecular flexibility index (Phi) is 4.05. The van der Waals surface area contributed by atoms with Gasteiger partial charge in [0.1, 0.15) is 9.84 Å². The first kappa shape index (κ1) is 13.9. The Labute approximate surface area is 118 Å². The van der Waals surface area contributed by atoms with E-state index in [1.165, 1.54) is 18.0 Å². The van der Waals surface area contributed by atoms with E-state index in [0.29, 0.717) is 26.6 Å². The van der Waals surface area contributed by atoms with Gasteiger partial charge in [0, 0.05) is 18.2 Å². The van der Waals surface area contributed by atoms with Crippen LogP contribution >= 0.6 is 35.0 Å². The zero-order chi connectivity index (χ0) is 13.3. The van der Waals surface area contributed by atoms with Crippen molar-refractivity contribution in [3.05, 3.63) is 22.3 Å². The van der Waals surface area contributed by atoms with Crippen molar-refractivity contribution in [1.29, 1.82) is 0 Å². The molecule has 2 aromatic heterocycles. The van der Waals surface area contributed by atoms with Gasteiger partial charge < -0.3 is 0 Å². The van der Waals surface area contributed by atoms with Gasteiger partial charge in [-0.15, -0.1) is 10.2 Å². The van der Waals surface area contributed by atoms with Gasteiger partial charge in [0.2, 0.25) is 0 Å². The third-order valence-electron chi connectivity index (χ3n) is 2.08. The number of hydrogen-bond donors (Lipinski definition) is 0. The molecular weight excluding hydrogens is 317 g/mol. The minimum atomic E-state index is -2.98. The summed E-state index contributed by atoms with van der Waals surface area (Å²) in [6.07, 6.45) is 2.84. The molecule has 0 spiro atoms. The van der Waals surface area contributed by atoms with Crippen LogP contribution in [0.4, 0.5) is 0 Å². The molecule has 18 heavy (non-hydrogen) atoms.